The Balaban J connectivity index is 1.79. The van der Waals surface area contributed by atoms with Crippen LogP contribution in [0.1, 0.15) is 41.7 Å². The van der Waals surface area contributed by atoms with Crippen LogP contribution in [-0.4, -0.2) is 23.6 Å². The van der Waals surface area contributed by atoms with E-state index in [1.54, 1.807) is 53.4 Å². The van der Waals surface area contributed by atoms with Gasteiger partial charge in [0.05, 0.1) is 6.04 Å². The summed E-state index contributed by atoms with van der Waals surface area (Å²) >= 11 is 0. The number of carbonyl (C=O) groups is 1. The summed E-state index contributed by atoms with van der Waals surface area (Å²) in [7, 11) is 0. The number of amides is 1. The molecule has 2 atom stereocenters. The van der Waals surface area contributed by atoms with E-state index in [-0.39, 0.29) is 17.5 Å². The molecule has 1 aliphatic heterocycles. The van der Waals surface area contributed by atoms with E-state index < -0.39 is 12.1 Å². The maximum Gasteiger partial charge on any atom is 0.223 e. The second-order valence-corrected chi connectivity index (χ2v) is 7.49. The van der Waals surface area contributed by atoms with Crippen molar-refractivity contribution in [2.45, 2.75) is 25.0 Å². The van der Waals surface area contributed by atoms with Gasteiger partial charge >= 0.3 is 0 Å². The molecule has 1 fully saturated rings. The normalized spacial score (nSPS) is 15.5. The van der Waals surface area contributed by atoms with E-state index in [0.29, 0.717) is 24.3 Å². The molecular formula is C25H22F2N2O2. The molecule has 1 N–H and O–H groups in total. The zero-order valence-corrected chi connectivity index (χ0v) is 16.8. The minimum atomic E-state index is -0.640. The van der Waals surface area contributed by atoms with Crippen LogP contribution in [0.2, 0.25) is 0 Å². The standard InChI is InChI=1S/C25H22F2N2O2/c26-20-9-5-18(6-10-20)24(29-15-1-2-23(29)30)25(19-7-11-21(27)12-8-19)31-22-13-3-17(16-28)4-14-22/h3-14,16,24-25,28H,1-2,15H2/t24-,25+/m0/s1. The molecule has 6 heteroatoms. The summed E-state index contributed by atoms with van der Waals surface area (Å²) < 4.78 is 33.6. The summed E-state index contributed by atoms with van der Waals surface area (Å²) in [6, 6.07) is 18.6. The molecule has 158 valence electrons. The Morgan fingerprint density at radius 2 is 1.45 bits per heavy atom. The van der Waals surface area contributed by atoms with Gasteiger partial charge in [0.1, 0.15) is 23.5 Å². The molecule has 0 aliphatic carbocycles. The van der Waals surface area contributed by atoms with E-state index in [2.05, 4.69) is 0 Å². The van der Waals surface area contributed by atoms with Crippen molar-refractivity contribution in [2.75, 3.05) is 6.54 Å². The molecule has 1 amide bonds. The lowest BCUT2D eigenvalue weighted by Gasteiger charge is -2.35. The van der Waals surface area contributed by atoms with Crippen LogP contribution in [0.5, 0.6) is 5.75 Å². The van der Waals surface area contributed by atoms with Crippen LogP contribution in [0.4, 0.5) is 8.78 Å². The van der Waals surface area contributed by atoms with Gasteiger partial charge in [0.15, 0.2) is 0 Å². The van der Waals surface area contributed by atoms with Crippen LogP contribution >= 0.6 is 0 Å². The largest absolute Gasteiger partial charge is 0.483 e. The number of benzene rings is 3. The molecule has 3 aromatic rings. The highest BCUT2D eigenvalue weighted by atomic mass is 19.1. The second-order valence-electron chi connectivity index (χ2n) is 7.49. The average Bonchev–Trinajstić information content (AvgIpc) is 3.21. The van der Waals surface area contributed by atoms with E-state index in [1.165, 1.54) is 30.5 Å². The van der Waals surface area contributed by atoms with Gasteiger partial charge in [-0.15, -0.1) is 0 Å². The highest BCUT2D eigenvalue weighted by Crippen LogP contribution is 2.40. The van der Waals surface area contributed by atoms with E-state index in [4.69, 9.17) is 10.1 Å². The molecular weight excluding hydrogens is 398 g/mol. The predicted octanol–water partition coefficient (Wildman–Crippen LogP) is 5.45. The first kappa shape index (κ1) is 20.7. The molecule has 0 aromatic heterocycles. The van der Waals surface area contributed by atoms with Gasteiger partial charge in [-0.05, 0) is 71.6 Å². The van der Waals surface area contributed by atoms with E-state index >= 15 is 0 Å². The summed E-state index contributed by atoms with van der Waals surface area (Å²) in [4.78, 5) is 14.5. The number of ether oxygens (including phenoxy) is 1. The van der Waals surface area contributed by atoms with Crippen LogP contribution in [0.15, 0.2) is 72.8 Å². The van der Waals surface area contributed by atoms with Gasteiger partial charge in [-0.1, -0.05) is 24.3 Å². The van der Waals surface area contributed by atoms with Crippen molar-refractivity contribution in [3.05, 3.63) is 101 Å². The number of halogens is 2. The quantitative estimate of drug-likeness (QED) is 0.517. The predicted molar refractivity (Wildman–Crippen MR) is 114 cm³/mol. The highest BCUT2D eigenvalue weighted by molar-refractivity contribution is 5.79. The number of nitrogens with one attached hydrogen (secondary N) is 1. The maximum atomic E-state index is 13.6. The van der Waals surface area contributed by atoms with Gasteiger partial charge < -0.3 is 15.0 Å². The number of hydrogen-bond acceptors (Lipinski definition) is 3. The molecule has 1 saturated heterocycles. The molecule has 4 nitrogen and oxygen atoms in total. The average molecular weight is 420 g/mol. The molecule has 0 radical (unpaired) electrons. The van der Waals surface area contributed by atoms with Gasteiger partial charge in [0.2, 0.25) is 5.91 Å². The lowest BCUT2D eigenvalue weighted by molar-refractivity contribution is -0.131. The van der Waals surface area contributed by atoms with Gasteiger partial charge in [-0.3, -0.25) is 4.79 Å². The van der Waals surface area contributed by atoms with Crippen LogP contribution in [-0.2, 0) is 4.79 Å². The third-order valence-electron chi connectivity index (χ3n) is 5.45. The van der Waals surface area contributed by atoms with Crippen LogP contribution in [0.25, 0.3) is 0 Å². The number of rotatable bonds is 7. The SMILES string of the molecule is N=Cc1ccc(O[C@H](c2ccc(F)cc2)[C@H](c2ccc(F)cc2)N2CCCC2=O)cc1. The lowest BCUT2D eigenvalue weighted by Crippen LogP contribution is -2.36. The maximum absolute atomic E-state index is 13.6. The number of likely N-dealkylation sites (tertiary alicyclic amines) is 1. The van der Waals surface area contributed by atoms with Crippen molar-refractivity contribution in [3.63, 3.8) is 0 Å². The van der Waals surface area contributed by atoms with Crippen molar-refractivity contribution < 1.29 is 18.3 Å². The zero-order valence-electron chi connectivity index (χ0n) is 16.8. The van der Waals surface area contributed by atoms with Crippen molar-refractivity contribution in [3.8, 4) is 5.75 Å². The second kappa shape index (κ2) is 9.08. The molecule has 1 heterocycles. The Morgan fingerprint density at radius 1 is 0.871 bits per heavy atom. The van der Waals surface area contributed by atoms with Crippen molar-refractivity contribution >= 4 is 12.1 Å². The third-order valence-corrected chi connectivity index (χ3v) is 5.45. The van der Waals surface area contributed by atoms with E-state index in [9.17, 15) is 13.6 Å². The van der Waals surface area contributed by atoms with Gasteiger partial charge in [-0.25, -0.2) is 8.78 Å². The molecule has 0 unspecified atom stereocenters. The first-order chi connectivity index (χ1) is 15.0. The first-order valence-corrected chi connectivity index (χ1v) is 10.1. The summed E-state index contributed by atoms with van der Waals surface area (Å²) in [6.45, 7) is 0.564. The minimum Gasteiger partial charge on any atom is -0.483 e. The van der Waals surface area contributed by atoms with Crippen molar-refractivity contribution in [1.82, 2.24) is 4.90 Å². The molecule has 4 rings (SSSR count). The molecule has 0 spiro atoms. The number of nitrogens with zero attached hydrogens (tertiary/aromatic N) is 1. The van der Waals surface area contributed by atoms with Crippen molar-refractivity contribution in [2.24, 2.45) is 0 Å². The summed E-state index contributed by atoms with van der Waals surface area (Å²) in [5, 5.41) is 7.37. The Hall–Kier alpha value is -3.54. The Kier molecular flexibility index (Phi) is 6.07. The summed E-state index contributed by atoms with van der Waals surface area (Å²) in [5.41, 5.74) is 2.17. The number of carbonyl (C=O) groups excluding carboxylic acids is 1. The summed E-state index contributed by atoms with van der Waals surface area (Å²) in [6.07, 6.45) is 1.78. The Morgan fingerprint density at radius 3 is 1.97 bits per heavy atom. The number of hydrogen-bond donors (Lipinski definition) is 1. The van der Waals surface area contributed by atoms with E-state index in [0.717, 1.165) is 17.5 Å². The van der Waals surface area contributed by atoms with Gasteiger partial charge in [-0.2, -0.15) is 0 Å². The van der Waals surface area contributed by atoms with Gasteiger partial charge in [0, 0.05) is 19.2 Å². The lowest BCUT2D eigenvalue weighted by atomic mass is 9.94. The molecule has 0 saturated carbocycles. The fourth-order valence-corrected chi connectivity index (χ4v) is 3.90. The molecule has 31 heavy (non-hydrogen) atoms. The molecule has 1 aliphatic rings. The minimum absolute atomic E-state index is 0.00388. The van der Waals surface area contributed by atoms with E-state index in [1.807, 2.05) is 0 Å². The fraction of sp³-hybridized carbons (Fsp3) is 0.200. The zero-order chi connectivity index (χ0) is 21.8. The van der Waals surface area contributed by atoms with Crippen LogP contribution < -0.4 is 4.74 Å². The summed E-state index contributed by atoms with van der Waals surface area (Å²) in [5.74, 6) is -0.173. The fourth-order valence-electron chi connectivity index (χ4n) is 3.90. The third kappa shape index (κ3) is 4.63. The van der Waals surface area contributed by atoms with Crippen molar-refractivity contribution in [1.29, 1.82) is 5.41 Å². The Labute approximate surface area is 179 Å². The topological polar surface area (TPSA) is 53.4 Å². The molecule has 3 aromatic carbocycles. The Bertz CT molecular complexity index is 1050. The monoisotopic (exact) mass is 420 g/mol. The molecule has 0 bridgehead atoms. The highest BCUT2D eigenvalue weighted by Gasteiger charge is 2.37. The smallest absolute Gasteiger partial charge is 0.223 e. The van der Waals surface area contributed by atoms with Crippen LogP contribution in [0, 0.1) is 17.0 Å². The first-order valence-electron chi connectivity index (χ1n) is 10.1. The van der Waals surface area contributed by atoms with Gasteiger partial charge in [0.25, 0.3) is 0 Å². The van der Waals surface area contributed by atoms with Crippen LogP contribution in [0.3, 0.4) is 0 Å².